The number of ether oxygens (including phenoxy) is 1. The van der Waals surface area contributed by atoms with Crippen LogP contribution in [0.5, 0.6) is 5.75 Å². The molecule has 0 fully saturated rings. The van der Waals surface area contributed by atoms with Gasteiger partial charge in [-0.15, -0.1) is 10.2 Å². The van der Waals surface area contributed by atoms with Crippen LogP contribution in [0.25, 0.3) is 15.5 Å². The first-order valence-electron chi connectivity index (χ1n) is 8.38. The monoisotopic (exact) mass is 379 g/mol. The van der Waals surface area contributed by atoms with E-state index in [0.29, 0.717) is 5.75 Å². The van der Waals surface area contributed by atoms with Crippen LogP contribution in [-0.2, 0) is 4.79 Å². The van der Waals surface area contributed by atoms with Gasteiger partial charge in [-0.3, -0.25) is 4.79 Å². The molecule has 0 aliphatic carbocycles. The van der Waals surface area contributed by atoms with Crippen LogP contribution in [0.1, 0.15) is 11.4 Å². The quantitative estimate of drug-likeness (QED) is 0.574. The summed E-state index contributed by atoms with van der Waals surface area (Å²) in [6, 6.07) is 15.1. The highest BCUT2D eigenvalue weighted by molar-refractivity contribution is 7.19. The number of fused-ring (bicyclic) bond motifs is 1. The zero-order valence-electron chi connectivity index (χ0n) is 14.8. The third-order valence-electron chi connectivity index (χ3n) is 4.01. The number of carbonyl (C=O) groups excluding carboxylic acids is 1. The Hall–Kier alpha value is -3.26. The normalized spacial score (nSPS) is 10.9. The molecule has 4 aromatic rings. The molecule has 0 saturated heterocycles. The highest BCUT2D eigenvalue weighted by atomic mass is 32.1. The molecule has 7 nitrogen and oxygen atoms in total. The van der Waals surface area contributed by atoms with Gasteiger partial charge in [0.25, 0.3) is 5.91 Å². The maximum absolute atomic E-state index is 12.1. The predicted molar refractivity (Wildman–Crippen MR) is 104 cm³/mol. The number of hydrogen-bond acceptors (Lipinski definition) is 6. The Morgan fingerprint density at radius 1 is 1.15 bits per heavy atom. The molecule has 2 heterocycles. The van der Waals surface area contributed by atoms with E-state index >= 15 is 0 Å². The fourth-order valence-electron chi connectivity index (χ4n) is 2.62. The van der Waals surface area contributed by atoms with E-state index in [1.54, 1.807) is 4.52 Å². The number of para-hydroxylation sites is 1. The standard InChI is InChI=1S/C19H17N5O2S/c1-12-10-14(18-23-24-13(2)21-22-19(24)27-18)8-9-16(12)20-17(25)11-26-15-6-4-3-5-7-15/h3-10H,11H2,1-2H3,(H,20,25). The van der Waals surface area contributed by atoms with Crippen LogP contribution in [0.4, 0.5) is 5.69 Å². The zero-order valence-corrected chi connectivity index (χ0v) is 15.7. The fourth-order valence-corrected chi connectivity index (χ4v) is 3.50. The molecule has 0 radical (unpaired) electrons. The molecular formula is C19H17N5O2S. The first kappa shape index (κ1) is 17.2. The molecule has 0 unspecified atom stereocenters. The highest BCUT2D eigenvalue weighted by Gasteiger charge is 2.12. The molecule has 1 amide bonds. The molecule has 136 valence electrons. The summed E-state index contributed by atoms with van der Waals surface area (Å²) in [5.41, 5.74) is 2.67. The van der Waals surface area contributed by atoms with E-state index in [1.165, 1.54) is 11.3 Å². The molecule has 2 aromatic carbocycles. The van der Waals surface area contributed by atoms with Crippen LogP contribution in [0.2, 0.25) is 0 Å². The number of anilines is 1. The van der Waals surface area contributed by atoms with Crippen molar-refractivity contribution in [1.82, 2.24) is 19.8 Å². The first-order valence-corrected chi connectivity index (χ1v) is 9.19. The number of rotatable bonds is 5. The number of carbonyl (C=O) groups is 1. The number of nitrogens with zero attached hydrogens (tertiary/aromatic N) is 4. The molecule has 0 spiro atoms. The second kappa shape index (κ2) is 7.16. The van der Waals surface area contributed by atoms with Crippen molar-refractivity contribution >= 4 is 27.9 Å². The van der Waals surface area contributed by atoms with Gasteiger partial charge in [0.05, 0.1) is 0 Å². The van der Waals surface area contributed by atoms with Crippen molar-refractivity contribution in [1.29, 1.82) is 0 Å². The second-order valence-corrected chi connectivity index (χ2v) is 6.98. The van der Waals surface area contributed by atoms with Crippen LogP contribution in [-0.4, -0.2) is 32.3 Å². The summed E-state index contributed by atoms with van der Waals surface area (Å²) in [4.78, 5) is 12.9. The summed E-state index contributed by atoms with van der Waals surface area (Å²) in [6.07, 6.45) is 0. The largest absolute Gasteiger partial charge is 0.484 e. The van der Waals surface area contributed by atoms with Crippen LogP contribution in [0.15, 0.2) is 48.5 Å². The van der Waals surface area contributed by atoms with Gasteiger partial charge in [0.1, 0.15) is 10.8 Å². The van der Waals surface area contributed by atoms with E-state index in [0.717, 1.165) is 32.6 Å². The number of amides is 1. The molecule has 2 aromatic heterocycles. The number of benzene rings is 2. The highest BCUT2D eigenvalue weighted by Crippen LogP contribution is 2.28. The number of nitrogens with one attached hydrogen (secondary N) is 1. The van der Waals surface area contributed by atoms with Crippen molar-refractivity contribution in [2.75, 3.05) is 11.9 Å². The third kappa shape index (κ3) is 3.65. The van der Waals surface area contributed by atoms with Gasteiger partial charge in [-0.25, -0.2) is 0 Å². The molecule has 27 heavy (non-hydrogen) atoms. The van der Waals surface area contributed by atoms with Gasteiger partial charge >= 0.3 is 0 Å². The van der Waals surface area contributed by atoms with Gasteiger partial charge in [-0.1, -0.05) is 29.5 Å². The average molecular weight is 379 g/mol. The maximum atomic E-state index is 12.1. The lowest BCUT2D eigenvalue weighted by Gasteiger charge is -2.10. The lowest BCUT2D eigenvalue weighted by atomic mass is 10.1. The summed E-state index contributed by atoms with van der Waals surface area (Å²) >= 11 is 1.48. The van der Waals surface area contributed by atoms with Crippen molar-refractivity contribution in [3.63, 3.8) is 0 Å². The second-order valence-electron chi connectivity index (χ2n) is 6.03. The minimum atomic E-state index is -0.205. The van der Waals surface area contributed by atoms with Crippen molar-refractivity contribution in [3.05, 3.63) is 59.9 Å². The van der Waals surface area contributed by atoms with Crippen molar-refractivity contribution in [2.45, 2.75) is 13.8 Å². The minimum Gasteiger partial charge on any atom is -0.484 e. The average Bonchev–Trinajstić information content (AvgIpc) is 3.25. The Morgan fingerprint density at radius 3 is 2.70 bits per heavy atom. The van der Waals surface area contributed by atoms with Crippen molar-refractivity contribution in [3.8, 4) is 16.3 Å². The van der Waals surface area contributed by atoms with Crippen LogP contribution in [0.3, 0.4) is 0 Å². The van der Waals surface area contributed by atoms with E-state index in [4.69, 9.17) is 4.74 Å². The Kier molecular flexibility index (Phi) is 4.55. The van der Waals surface area contributed by atoms with Gasteiger partial charge in [-0.05, 0) is 49.7 Å². The number of hydrogen-bond donors (Lipinski definition) is 1. The van der Waals surface area contributed by atoms with Gasteiger partial charge in [0, 0.05) is 11.3 Å². The van der Waals surface area contributed by atoms with Gasteiger partial charge in [0.2, 0.25) is 4.96 Å². The number of aryl methyl sites for hydroxylation is 2. The van der Waals surface area contributed by atoms with Gasteiger partial charge < -0.3 is 10.1 Å². The summed E-state index contributed by atoms with van der Waals surface area (Å²) in [5, 5.41) is 16.4. The molecule has 0 aliphatic heterocycles. The lowest BCUT2D eigenvalue weighted by molar-refractivity contribution is -0.118. The maximum Gasteiger partial charge on any atom is 0.262 e. The summed E-state index contributed by atoms with van der Waals surface area (Å²) in [6.45, 7) is 3.77. The Balaban J connectivity index is 1.45. The molecule has 8 heteroatoms. The minimum absolute atomic E-state index is 0.0405. The molecule has 1 N–H and O–H groups in total. The smallest absolute Gasteiger partial charge is 0.262 e. The van der Waals surface area contributed by atoms with Crippen LogP contribution >= 0.6 is 11.3 Å². The number of aromatic nitrogens is 4. The van der Waals surface area contributed by atoms with Crippen molar-refractivity contribution < 1.29 is 9.53 Å². The van der Waals surface area contributed by atoms with Crippen LogP contribution in [0, 0.1) is 13.8 Å². The van der Waals surface area contributed by atoms with E-state index < -0.39 is 0 Å². The Morgan fingerprint density at radius 2 is 1.96 bits per heavy atom. The summed E-state index contributed by atoms with van der Waals surface area (Å²) in [7, 11) is 0. The van der Waals surface area contributed by atoms with Crippen LogP contribution < -0.4 is 10.1 Å². The van der Waals surface area contributed by atoms with E-state index in [2.05, 4.69) is 20.6 Å². The SMILES string of the molecule is Cc1cc(-c2nn3c(C)nnc3s2)ccc1NC(=O)COc1ccccc1. The molecule has 0 saturated carbocycles. The molecule has 4 rings (SSSR count). The molecular weight excluding hydrogens is 362 g/mol. The van der Waals surface area contributed by atoms with E-state index in [-0.39, 0.29) is 12.5 Å². The van der Waals surface area contributed by atoms with Gasteiger partial charge in [0.15, 0.2) is 12.4 Å². The molecule has 0 aliphatic rings. The summed E-state index contributed by atoms with van der Waals surface area (Å²) in [5.74, 6) is 1.22. The Labute approximate surface area is 159 Å². The first-order chi connectivity index (χ1) is 13.1. The fraction of sp³-hybridized carbons (Fsp3) is 0.158. The predicted octanol–water partition coefficient (Wildman–Crippen LogP) is 3.49. The van der Waals surface area contributed by atoms with Crippen molar-refractivity contribution in [2.24, 2.45) is 0 Å². The Bertz CT molecular complexity index is 1100. The molecule has 0 bridgehead atoms. The lowest BCUT2D eigenvalue weighted by Crippen LogP contribution is -2.20. The molecule has 0 atom stereocenters. The topological polar surface area (TPSA) is 81.4 Å². The van der Waals surface area contributed by atoms with Gasteiger partial charge in [-0.2, -0.15) is 9.61 Å². The summed E-state index contributed by atoms with van der Waals surface area (Å²) < 4.78 is 7.20. The zero-order chi connectivity index (χ0) is 18.8. The van der Waals surface area contributed by atoms with E-state index in [1.807, 2.05) is 62.4 Å². The van der Waals surface area contributed by atoms with E-state index in [9.17, 15) is 4.79 Å². The third-order valence-corrected chi connectivity index (χ3v) is 4.96.